The fourth-order valence-corrected chi connectivity index (χ4v) is 0. The van der Waals surface area contributed by atoms with Crippen LogP contribution in [-0.2, 0) is 4.57 Å². The molecule has 9 heteroatoms. The first-order valence-electron chi connectivity index (χ1n) is 0.730. The van der Waals surface area contributed by atoms with Crippen LogP contribution in [0.3, 0.4) is 0 Å². The van der Waals surface area contributed by atoms with Crippen molar-refractivity contribution in [3.63, 3.8) is 0 Å². The fraction of sp³-hybridized carbons (Fsp3) is 0. The van der Waals surface area contributed by atoms with E-state index in [1.165, 1.54) is 0 Å². The van der Waals surface area contributed by atoms with Crippen LogP contribution in [0.4, 0.5) is 0 Å². The smallest absolute Gasteiger partial charge is 0 e. The summed E-state index contributed by atoms with van der Waals surface area (Å²) in [6, 6.07) is 0. The molecule has 9 heavy (non-hydrogen) atoms. The number of quaternary nitrogens is 3. The number of hydrogen-bond acceptors (Lipinski definition) is 4. The SMILES string of the molecule is O=P([O-])([O-])[O-].[Li].[NH4+].[NH4+].[NH4+]. The van der Waals surface area contributed by atoms with Gasteiger partial charge in [-0.1, -0.05) is 0 Å². The summed E-state index contributed by atoms with van der Waals surface area (Å²) in [6.45, 7) is 0. The minimum atomic E-state index is -5.39. The monoisotopic (exact) mass is 156 g/mol. The third-order valence-electron chi connectivity index (χ3n) is 0. The topological polar surface area (TPSA) is 196 Å². The van der Waals surface area contributed by atoms with Gasteiger partial charge in [-0.15, -0.1) is 0 Å². The number of hydrogen-bond donors (Lipinski definition) is 3. The van der Waals surface area contributed by atoms with Gasteiger partial charge in [0.15, 0.2) is 0 Å². The van der Waals surface area contributed by atoms with Crippen LogP contribution < -0.4 is 33.1 Å². The van der Waals surface area contributed by atoms with Crippen molar-refractivity contribution in [2.24, 2.45) is 0 Å². The van der Waals surface area contributed by atoms with Crippen molar-refractivity contribution in [1.82, 2.24) is 18.5 Å². The van der Waals surface area contributed by atoms with Crippen LogP contribution in [0.15, 0.2) is 0 Å². The quantitative estimate of drug-likeness (QED) is 0.267. The maximum absolute atomic E-state index is 8.55. The molecule has 57 valence electrons. The standard InChI is InChI=1S/Li.3H3N.H3O4P/c;;;;1-5(2,3)4/h;3*1H3;(H3,1,2,3,4). The minimum absolute atomic E-state index is 0. The second-order valence-electron chi connectivity index (χ2n) is 0.447. The second kappa shape index (κ2) is 11.4. The molecule has 0 aromatic heterocycles. The van der Waals surface area contributed by atoms with Crippen LogP contribution in [0.25, 0.3) is 0 Å². The van der Waals surface area contributed by atoms with E-state index in [1.807, 2.05) is 0 Å². The van der Waals surface area contributed by atoms with Crippen molar-refractivity contribution in [2.75, 3.05) is 0 Å². The number of rotatable bonds is 0. The summed E-state index contributed by atoms with van der Waals surface area (Å²) in [6.07, 6.45) is 0. The average molecular weight is 156 g/mol. The van der Waals surface area contributed by atoms with Crippen LogP contribution in [0.5, 0.6) is 0 Å². The van der Waals surface area contributed by atoms with E-state index in [4.69, 9.17) is 19.2 Å². The van der Waals surface area contributed by atoms with Gasteiger partial charge in [0.2, 0.25) is 0 Å². The molecule has 0 spiro atoms. The van der Waals surface area contributed by atoms with Crippen molar-refractivity contribution in [1.29, 1.82) is 0 Å². The molecule has 0 aromatic carbocycles. The molecule has 0 aliphatic rings. The maximum Gasteiger partial charge on any atom is 0 e. The van der Waals surface area contributed by atoms with Gasteiger partial charge in [-0.2, -0.15) is 7.82 Å². The molecule has 0 amide bonds. The van der Waals surface area contributed by atoms with Crippen molar-refractivity contribution >= 4 is 26.7 Å². The summed E-state index contributed by atoms with van der Waals surface area (Å²) in [5, 5.41) is 0. The summed E-state index contributed by atoms with van der Waals surface area (Å²) in [5.41, 5.74) is 0. The first-order valence-corrected chi connectivity index (χ1v) is 2.19. The van der Waals surface area contributed by atoms with E-state index in [2.05, 4.69) is 0 Å². The largest absolute Gasteiger partial charge is 0.822 e. The zero-order valence-corrected chi connectivity index (χ0v) is 6.97. The van der Waals surface area contributed by atoms with E-state index >= 15 is 0 Å². The van der Waals surface area contributed by atoms with Crippen LogP contribution >= 0.6 is 7.82 Å². The predicted molar refractivity (Wildman–Crippen MR) is 31.3 cm³/mol. The normalized spacial score (nSPS) is 6.56. The molecule has 0 saturated carbocycles. The molecule has 0 fully saturated rings. The van der Waals surface area contributed by atoms with Gasteiger partial charge < -0.3 is 37.7 Å². The van der Waals surface area contributed by atoms with E-state index < -0.39 is 7.82 Å². The summed E-state index contributed by atoms with van der Waals surface area (Å²) >= 11 is 0. The third-order valence-corrected chi connectivity index (χ3v) is 0. The van der Waals surface area contributed by atoms with E-state index in [1.54, 1.807) is 0 Å². The Morgan fingerprint density at radius 1 is 0.889 bits per heavy atom. The predicted octanol–water partition coefficient (Wildman–Crippen LogP) is -2.08. The van der Waals surface area contributed by atoms with Crippen molar-refractivity contribution in [3.8, 4) is 0 Å². The Labute approximate surface area is 65.0 Å². The third kappa shape index (κ3) is 1080. The minimum Gasteiger partial charge on any atom is -0.822 e. The van der Waals surface area contributed by atoms with Crippen molar-refractivity contribution in [2.45, 2.75) is 0 Å². The molecule has 0 heterocycles. The van der Waals surface area contributed by atoms with Crippen LogP contribution in [-0.4, -0.2) is 18.9 Å². The zero-order valence-electron chi connectivity index (χ0n) is 6.08. The van der Waals surface area contributed by atoms with E-state index in [0.29, 0.717) is 0 Å². The molecule has 7 nitrogen and oxygen atoms in total. The molecule has 0 rings (SSSR count). The first kappa shape index (κ1) is 33.6. The Hall–Kier alpha value is 0.587. The fourth-order valence-electron chi connectivity index (χ4n) is 0. The van der Waals surface area contributed by atoms with Gasteiger partial charge >= 0.3 is 0 Å². The molecule has 0 aromatic rings. The Bertz CT molecular complexity index is 61.9. The zero-order chi connectivity index (χ0) is 4.50. The molecule has 1 radical (unpaired) electrons. The number of phosphoric acid groups is 1. The van der Waals surface area contributed by atoms with Crippen LogP contribution in [0, 0.1) is 0 Å². The Morgan fingerprint density at radius 3 is 0.889 bits per heavy atom. The Morgan fingerprint density at radius 2 is 0.889 bits per heavy atom. The van der Waals surface area contributed by atoms with Gasteiger partial charge in [0, 0.05) is 18.9 Å². The Kier molecular flexibility index (Phi) is 42.5. The van der Waals surface area contributed by atoms with Crippen molar-refractivity contribution < 1.29 is 19.2 Å². The van der Waals surface area contributed by atoms with Gasteiger partial charge in [0.05, 0.1) is 0 Å². The summed E-state index contributed by atoms with van der Waals surface area (Å²) in [5.74, 6) is 0. The molecular formula is H12LiN3O4P. The van der Waals surface area contributed by atoms with Crippen LogP contribution in [0.2, 0.25) is 0 Å². The van der Waals surface area contributed by atoms with Gasteiger partial charge in [0.1, 0.15) is 0 Å². The van der Waals surface area contributed by atoms with Gasteiger partial charge in [-0.05, 0) is 0 Å². The van der Waals surface area contributed by atoms with E-state index in [0.717, 1.165) is 0 Å². The Balaban J connectivity index is -0.0000000133. The maximum atomic E-state index is 8.55. The molecule has 0 unspecified atom stereocenters. The first-order chi connectivity index (χ1) is 2.00. The summed E-state index contributed by atoms with van der Waals surface area (Å²) in [4.78, 5) is 25.6. The second-order valence-corrected chi connectivity index (χ2v) is 1.34. The molecule has 12 N–H and O–H groups in total. The molecule has 0 aliphatic carbocycles. The summed E-state index contributed by atoms with van der Waals surface area (Å²) in [7, 11) is -5.39. The van der Waals surface area contributed by atoms with E-state index in [9.17, 15) is 0 Å². The van der Waals surface area contributed by atoms with Crippen molar-refractivity contribution in [3.05, 3.63) is 0 Å². The molecule has 0 aliphatic heterocycles. The van der Waals surface area contributed by atoms with Gasteiger partial charge in [-0.25, -0.2) is 0 Å². The van der Waals surface area contributed by atoms with E-state index in [-0.39, 0.29) is 37.3 Å². The molecule has 0 saturated heterocycles. The van der Waals surface area contributed by atoms with Gasteiger partial charge in [-0.3, -0.25) is 0 Å². The molecular weight excluding hydrogens is 144 g/mol. The molecule has 0 bridgehead atoms. The molecule has 0 atom stereocenters. The average Bonchev–Trinajstić information content (AvgIpc) is 0.722. The summed E-state index contributed by atoms with van der Waals surface area (Å²) < 4.78 is 8.55. The van der Waals surface area contributed by atoms with Gasteiger partial charge in [0.25, 0.3) is 0 Å². The van der Waals surface area contributed by atoms with Crippen LogP contribution in [0.1, 0.15) is 0 Å².